The summed E-state index contributed by atoms with van der Waals surface area (Å²) in [7, 11) is 0. The van der Waals surface area contributed by atoms with Gasteiger partial charge in [0.05, 0.1) is 16.6 Å². The van der Waals surface area contributed by atoms with Crippen LogP contribution in [0.4, 0.5) is 0 Å². The molecule has 0 fully saturated rings. The maximum Gasteiger partial charge on any atom is 0.279 e. The molecule has 1 atom stereocenters. The van der Waals surface area contributed by atoms with Gasteiger partial charge in [-0.2, -0.15) is 0 Å². The van der Waals surface area contributed by atoms with Crippen LogP contribution in [0.1, 0.15) is 42.7 Å². The van der Waals surface area contributed by atoms with Gasteiger partial charge in [-0.15, -0.1) is 0 Å². The number of fused-ring (bicyclic) bond motifs is 1. The molecule has 2 heterocycles. The van der Waals surface area contributed by atoms with Gasteiger partial charge in [-0.25, -0.2) is 4.98 Å². The highest BCUT2D eigenvalue weighted by Gasteiger charge is 2.18. The number of aromatic nitrogens is 2. The van der Waals surface area contributed by atoms with E-state index in [4.69, 9.17) is 9.26 Å². The van der Waals surface area contributed by atoms with E-state index in [1.807, 2.05) is 19.9 Å². The Morgan fingerprint density at radius 2 is 1.96 bits per heavy atom. The number of hydrazine groups is 1. The van der Waals surface area contributed by atoms with Crippen molar-refractivity contribution in [1.82, 2.24) is 21.0 Å². The SMILES string of the molecule is CC(C)c1noc2ncc(C(=O)NNC(=O)[C@H](C)Oc3cccc(Br)c3)cc12. The van der Waals surface area contributed by atoms with Crippen LogP contribution in [0, 0.1) is 0 Å². The van der Waals surface area contributed by atoms with Crippen molar-refractivity contribution in [1.29, 1.82) is 0 Å². The summed E-state index contributed by atoms with van der Waals surface area (Å²) in [4.78, 5) is 28.6. The third kappa shape index (κ3) is 4.48. The lowest BCUT2D eigenvalue weighted by molar-refractivity contribution is -0.128. The zero-order valence-electron chi connectivity index (χ0n) is 15.5. The van der Waals surface area contributed by atoms with Gasteiger partial charge in [-0.1, -0.05) is 41.0 Å². The smallest absolute Gasteiger partial charge is 0.279 e. The Balaban J connectivity index is 1.62. The Bertz CT molecular complexity index is 1020. The van der Waals surface area contributed by atoms with Gasteiger partial charge in [0.25, 0.3) is 17.5 Å². The Labute approximate surface area is 169 Å². The summed E-state index contributed by atoms with van der Waals surface area (Å²) >= 11 is 3.34. The highest BCUT2D eigenvalue weighted by atomic mass is 79.9. The number of carbonyl (C=O) groups is 2. The molecule has 1 aromatic carbocycles. The second-order valence-electron chi connectivity index (χ2n) is 6.46. The van der Waals surface area contributed by atoms with E-state index < -0.39 is 17.9 Å². The van der Waals surface area contributed by atoms with Crippen LogP contribution in [0.2, 0.25) is 0 Å². The molecule has 0 aliphatic rings. The minimum absolute atomic E-state index is 0.122. The van der Waals surface area contributed by atoms with E-state index in [0.717, 1.165) is 10.2 Å². The maximum absolute atomic E-state index is 12.4. The normalized spacial score (nSPS) is 12.0. The topological polar surface area (TPSA) is 106 Å². The van der Waals surface area contributed by atoms with Crippen LogP contribution in [0.15, 0.2) is 45.5 Å². The second kappa shape index (κ2) is 8.39. The number of pyridine rings is 1. The van der Waals surface area contributed by atoms with Crippen LogP contribution in [-0.4, -0.2) is 28.1 Å². The van der Waals surface area contributed by atoms with E-state index in [0.29, 0.717) is 16.8 Å². The van der Waals surface area contributed by atoms with Crippen molar-refractivity contribution in [2.75, 3.05) is 0 Å². The Kier molecular flexibility index (Phi) is 5.93. The molecular weight excluding hydrogens is 428 g/mol. The molecule has 0 radical (unpaired) electrons. The average Bonchev–Trinajstić information content (AvgIpc) is 3.09. The Morgan fingerprint density at radius 3 is 2.68 bits per heavy atom. The van der Waals surface area contributed by atoms with Crippen molar-refractivity contribution < 1.29 is 18.8 Å². The monoisotopic (exact) mass is 446 g/mol. The zero-order valence-corrected chi connectivity index (χ0v) is 17.1. The largest absolute Gasteiger partial charge is 0.481 e. The van der Waals surface area contributed by atoms with E-state index in [1.165, 1.54) is 6.20 Å². The van der Waals surface area contributed by atoms with Crippen molar-refractivity contribution in [3.8, 4) is 5.75 Å². The van der Waals surface area contributed by atoms with E-state index in [1.54, 1.807) is 31.2 Å². The number of rotatable bonds is 5. The summed E-state index contributed by atoms with van der Waals surface area (Å²) in [5, 5.41) is 4.65. The fourth-order valence-corrected chi connectivity index (χ4v) is 2.86. The van der Waals surface area contributed by atoms with Gasteiger partial charge in [-0.05, 0) is 37.1 Å². The number of hydrogen-bond donors (Lipinski definition) is 2. The molecule has 3 aromatic rings. The molecule has 8 nitrogen and oxygen atoms in total. The van der Waals surface area contributed by atoms with Crippen LogP contribution < -0.4 is 15.6 Å². The molecule has 3 rings (SSSR count). The highest BCUT2D eigenvalue weighted by molar-refractivity contribution is 9.10. The second-order valence-corrected chi connectivity index (χ2v) is 7.38. The molecule has 9 heteroatoms. The number of hydrogen-bond acceptors (Lipinski definition) is 6. The predicted molar refractivity (Wildman–Crippen MR) is 106 cm³/mol. The number of ether oxygens (including phenoxy) is 1. The molecule has 2 N–H and O–H groups in total. The van der Waals surface area contributed by atoms with Gasteiger partial charge in [0.15, 0.2) is 6.10 Å². The number of nitrogens with zero attached hydrogens (tertiary/aromatic N) is 2. The lowest BCUT2D eigenvalue weighted by Gasteiger charge is -2.15. The Morgan fingerprint density at radius 1 is 1.18 bits per heavy atom. The van der Waals surface area contributed by atoms with Crippen LogP contribution in [0.3, 0.4) is 0 Å². The summed E-state index contributed by atoms with van der Waals surface area (Å²) in [5.41, 5.74) is 6.07. The minimum Gasteiger partial charge on any atom is -0.481 e. The first-order valence-electron chi connectivity index (χ1n) is 8.63. The van der Waals surface area contributed by atoms with Crippen LogP contribution in [0.5, 0.6) is 5.75 Å². The third-order valence-electron chi connectivity index (χ3n) is 3.94. The van der Waals surface area contributed by atoms with Gasteiger partial charge in [0.1, 0.15) is 5.75 Å². The van der Waals surface area contributed by atoms with Crippen molar-refractivity contribution >= 4 is 38.8 Å². The number of carbonyl (C=O) groups excluding carboxylic acids is 2. The lowest BCUT2D eigenvalue weighted by Crippen LogP contribution is -2.47. The third-order valence-corrected chi connectivity index (χ3v) is 4.44. The molecule has 28 heavy (non-hydrogen) atoms. The number of amides is 2. The van der Waals surface area contributed by atoms with Crippen LogP contribution >= 0.6 is 15.9 Å². The molecule has 0 saturated carbocycles. The summed E-state index contributed by atoms with van der Waals surface area (Å²) < 4.78 is 11.6. The van der Waals surface area contributed by atoms with Crippen molar-refractivity contribution in [3.05, 3.63) is 52.3 Å². The maximum atomic E-state index is 12.4. The Hall–Kier alpha value is -2.94. The first-order chi connectivity index (χ1) is 13.3. The molecule has 0 aliphatic carbocycles. The minimum atomic E-state index is -0.805. The number of nitrogens with one attached hydrogen (secondary N) is 2. The molecular formula is C19H19BrN4O4. The molecule has 0 saturated heterocycles. The molecule has 0 unspecified atom stereocenters. The quantitative estimate of drug-likeness (QED) is 0.582. The van der Waals surface area contributed by atoms with Crippen molar-refractivity contribution in [2.45, 2.75) is 32.8 Å². The average molecular weight is 447 g/mol. The highest BCUT2D eigenvalue weighted by Crippen LogP contribution is 2.24. The van der Waals surface area contributed by atoms with Crippen LogP contribution in [-0.2, 0) is 4.79 Å². The van der Waals surface area contributed by atoms with Crippen molar-refractivity contribution in [2.24, 2.45) is 0 Å². The fourth-order valence-electron chi connectivity index (χ4n) is 2.48. The number of halogens is 1. The standard InChI is InChI=1S/C19H19BrN4O4/c1-10(2)16-15-7-12(9-21-19(15)28-24-16)18(26)23-22-17(25)11(3)27-14-6-4-5-13(20)8-14/h4-11H,1-3H3,(H,22,25)(H,23,26)/t11-/m0/s1. The van der Waals surface area contributed by atoms with Gasteiger partial charge >= 0.3 is 0 Å². The van der Waals surface area contributed by atoms with E-state index >= 15 is 0 Å². The number of benzene rings is 1. The van der Waals surface area contributed by atoms with Gasteiger partial charge in [0.2, 0.25) is 0 Å². The van der Waals surface area contributed by atoms with Gasteiger partial charge in [-0.3, -0.25) is 20.4 Å². The summed E-state index contributed by atoms with van der Waals surface area (Å²) in [6.45, 7) is 5.52. The first-order valence-corrected chi connectivity index (χ1v) is 9.42. The zero-order chi connectivity index (χ0) is 20.3. The molecule has 0 spiro atoms. The molecule has 2 amide bonds. The first kappa shape index (κ1) is 19.8. The summed E-state index contributed by atoms with van der Waals surface area (Å²) in [6.07, 6.45) is 0.557. The van der Waals surface area contributed by atoms with Gasteiger partial charge < -0.3 is 9.26 Å². The predicted octanol–water partition coefficient (Wildman–Crippen LogP) is 3.34. The van der Waals surface area contributed by atoms with E-state index in [9.17, 15) is 9.59 Å². The van der Waals surface area contributed by atoms with Gasteiger partial charge in [0, 0.05) is 10.7 Å². The van der Waals surface area contributed by atoms with Crippen molar-refractivity contribution in [3.63, 3.8) is 0 Å². The lowest BCUT2D eigenvalue weighted by atomic mass is 10.1. The molecule has 2 aromatic heterocycles. The van der Waals surface area contributed by atoms with E-state index in [-0.39, 0.29) is 11.5 Å². The summed E-state index contributed by atoms with van der Waals surface area (Å²) in [6, 6.07) is 8.76. The molecule has 0 aliphatic heterocycles. The fraction of sp³-hybridized carbons (Fsp3) is 0.263. The molecule has 0 bridgehead atoms. The molecule has 146 valence electrons. The summed E-state index contributed by atoms with van der Waals surface area (Å²) in [5.74, 6) is -0.340. The van der Waals surface area contributed by atoms with Crippen LogP contribution in [0.25, 0.3) is 11.1 Å². The van der Waals surface area contributed by atoms with E-state index in [2.05, 4.69) is 36.9 Å².